The van der Waals surface area contributed by atoms with E-state index >= 15 is 0 Å². The molecule has 0 aromatic rings. The normalized spacial score (nSPS) is 19.9. The molecule has 1 saturated heterocycles. The van der Waals surface area contributed by atoms with Gasteiger partial charge in [-0.2, -0.15) is 0 Å². The van der Waals surface area contributed by atoms with Crippen LogP contribution in [0.4, 0.5) is 0 Å². The second-order valence-corrected chi connectivity index (χ2v) is 3.88. The van der Waals surface area contributed by atoms with Crippen molar-refractivity contribution in [2.45, 2.75) is 25.8 Å². The Hall–Kier alpha value is -0.810. The predicted molar refractivity (Wildman–Crippen MR) is 64.6 cm³/mol. The maximum absolute atomic E-state index is 11.6. The van der Waals surface area contributed by atoms with Crippen LogP contribution >= 0.6 is 12.4 Å². The fraction of sp³-hybridized carbons (Fsp3) is 0.800. The Labute approximate surface area is 102 Å². The third-order valence-corrected chi connectivity index (χ3v) is 2.67. The second-order valence-electron chi connectivity index (χ2n) is 3.88. The molecule has 1 atom stereocenters. The van der Waals surface area contributed by atoms with Crippen molar-refractivity contribution in [3.05, 3.63) is 0 Å². The van der Waals surface area contributed by atoms with Crippen molar-refractivity contribution in [3.63, 3.8) is 0 Å². The van der Waals surface area contributed by atoms with Crippen molar-refractivity contribution in [1.29, 1.82) is 0 Å². The van der Waals surface area contributed by atoms with Crippen molar-refractivity contribution in [2.24, 2.45) is 0 Å². The van der Waals surface area contributed by atoms with E-state index in [9.17, 15) is 9.59 Å². The molecule has 0 saturated carbocycles. The number of hydrogen-bond acceptors (Lipinski definition) is 3. The number of likely N-dealkylation sites (N-methyl/N-ethyl adjacent to an activating group) is 1. The van der Waals surface area contributed by atoms with Gasteiger partial charge in [-0.15, -0.1) is 12.4 Å². The molecule has 1 unspecified atom stereocenters. The van der Waals surface area contributed by atoms with Crippen LogP contribution in [0.25, 0.3) is 0 Å². The van der Waals surface area contributed by atoms with E-state index in [2.05, 4.69) is 10.6 Å². The molecule has 1 fully saturated rings. The Morgan fingerprint density at radius 2 is 2.12 bits per heavy atom. The number of likely N-dealkylation sites (tertiary alicyclic amines) is 1. The van der Waals surface area contributed by atoms with Gasteiger partial charge in [0.05, 0.1) is 6.54 Å². The number of amides is 2. The van der Waals surface area contributed by atoms with Crippen LogP contribution in [0.5, 0.6) is 0 Å². The quantitative estimate of drug-likeness (QED) is 0.726. The summed E-state index contributed by atoms with van der Waals surface area (Å²) in [5.41, 5.74) is 0. The minimum absolute atomic E-state index is 0. The van der Waals surface area contributed by atoms with Gasteiger partial charge in [-0.3, -0.25) is 9.59 Å². The number of nitrogens with one attached hydrogen (secondary N) is 2. The molecule has 0 aliphatic carbocycles. The van der Waals surface area contributed by atoms with Gasteiger partial charge in [0.2, 0.25) is 11.8 Å². The Balaban J connectivity index is 0.00000225. The van der Waals surface area contributed by atoms with E-state index in [1.807, 2.05) is 7.05 Å². The van der Waals surface area contributed by atoms with Crippen molar-refractivity contribution in [3.8, 4) is 0 Å². The first-order valence-corrected chi connectivity index (χ1v) is 5.33. The van der Waals surface area contributed by atoms with Crippen LogP contribution < -0.4 is 10.6 Å². The summed E-state index contributed by atoms with van der Waals surface area (Å²) in [6.07, 6.45) is 2.14. The molecule has 0 aromatic heterocycles. The zero-order valence-electron chi connectivity index (χ0n) is 9.78. The number of rotatable bonds is 3. The van der Waals surface area contributed by atoms with Crippen LogP contribution in [0, 0.1) is 0 Å². The van der Waals surface area contributed by atoms with Gasteiger partial charge < -0.3 is 15.5 Å². The number of halogens is 1. The molecule has 1 rings (SSSR count). The molecule has 0 aromatic carbocycles. The van der Waals surface area contributed by atoms with Gasteiger partial charge >= 0.3 is 0 Å². The van der Waals surface area contributed by atoms with Gasteiger partial charge in [0, 0.05) is 26.1 Å². The van der Waals surface area contributed by atoms with E-state index < -0.39 is 0 Å². The van der Waals surface area contributed by atoms with Gasteiger partial charge in [-0.05, 0) is 19.9 Å². The van der Waals surface area contributed by atoms with E-state index in [-0.39, 0.29) is 30.8 Å². The minimum Gasteiger partial charge on any atom is -0.347 e. The molecule has 2 N–H and O–H groups in total. The lowest BCUT2D eigenvalue weighted by molar-refractivity contribution is -0.133. The SMILES string of the molecule is CNC1CCCN(C(=O)CNC(C)=O)C1.Cl. The maximum atomic E-state index is 11.6. The van der Waals surface area contributed by atoms with Gasteiger partial charge in [-0.1, -0.05) is 0 Å². The number of piperidine rings is 1. The predicted octanol–water partition coefficient (Wildman–Crippen LogP) is -0.245. The third-order valence-electron chi connectivity index (χ3n) is 2.67. The first-order valence-electron chi connectivity index (χ1n) is 5.33. The first kappa shape index (κ1) is 15.2. The summed E-state index contributed by atoms with van der Waals surface area (Å²) >= 11 is 0. The maximum Gasteiger partial charge on any atom is 0.242 e. The van der Waals surface area contributed by atoms with E-state index in [0.29, 0.717) is 6.04 Å². The number of carbonyl (C=O) groups is 2. The number of carbonyl (C=O) groups excluding carboxylic acids is 2. The highest BCUT2D eigenvalue weighted by Gasteiger charge is 2.22. The zero-order chi connectivity index (χ0) is 11.3. The average Bonchev–Trinajstić information content (AvgIpc) is 2.26. The topological polar surface area (TPSA) is 61.4 Å². The van der Waals surface area contributed by atoms with Crippen LogP contribution in [0.1, 0.15) is 19.8 Å². The van der Waals surface area contributed by atoms with Crippen molar-refractivity contribution in [1.82, 2.24) is 15.5 Å². The largest absolute Gasteiger partial charge is 0.347 e. The highest BCUT2D eigenvalue weighted by atomic mass is 35.5. The highest BCUT2D eigenvalue weighted by Crippen LogP contribution is 2.09. The van der Waals surface area contributed by atoms with E-state index in [0.717, 1.165) is 25.9 Å². The van der Waals surface area contributed by atoms with Crippen molar-refractivity contribution < 1.29 is 9.59 Å². The van der Waals surface area contributed by atoms with Gasteiger partial charge in [0.1, 0.15) is 0 Å². The fourth-order valence-electron chi connectivity index (χ4n) is 1.75. The van der Waals surface area contributed by atoms with Gasteiger partial charge in [0.25, 0.3) is 0 Å². The van der Waals surface area contributed by atoms with Gasteiger partial charge in [-0.25, -0.2) is 0 Å². The molecule has 0 bridgehead atoms. The molecule has 5 nitrogen and oxygen atoms in total. The Kier molecular flexibility index (Phi) is 7.08. The summed E-state index contributed by atoms with van der Waals surface area (Å²) in [6.45, 7) is 3.08. The monoisotopic (exact) mass is 249 g/mol. The van der Waals surface area contributed by atoms with E-state index in [4.69, 9.17) is 0 Å². The summed E-state index contributed by atoms with van der Waals surface area (Å²) in [4.78, 5) is 24.1. The van der Waals surface area contributed by atoms with Crippen molar-refractivity contribution in [2.75, 3.05) is 26.7 Å². The smallest absolute Gasteiger partial charge is 0.242 e. The van der Waals surface area contributed by atoms with Crippen LogP contribution in [-0.2, 0) is 9.59 Å². The molecule has 1 heterocycles. The molecular formula is C10H20ClN3O2. The molecule has 1 aliphatic rings. The summed E-state index contributed by atoms with van der Waals surface area (Å²) in [5, 5.41) is 5.70. The van der Waals surface area contributed by atoms with E-state index in [1.54, 1.807) is 4.90 Å². The third kappa shape index (κ3) is 4.81. The molecular weight excluding hydrogens is 230 g/mol. The molecule has 0 spiro atoms. The van der Waals surface area contributed by atoms with Crippen LogP contribution in [0.3, 0.4) is 0 Å². The van der Waals surface area contributed by atoms with Crippen molar-refractivity contribution >= 4 is 24.2 Å². The van der Waals surface area contributed by atoms with Gasteiger partial charge in [0.15, 0.2) is 0 Å². The zero-order valence-corrected chi connectivity index (χ0v) is 10.6. The lowest BCUT2D eigenvalue weighted by atomic mass is 10.1. The fourth-order valence-corrected chi connectivity index (χ4v) is 1.75. The average molecular weight is 250 g/mol. The lowest BCUT2D eigenvalue weighted by Gasteiger charge is -2.32. The Morgan fingerprint density at radius 3 is 2.69 bits per heavy atom. The summed E-state index contributed by atoms with van der Waals surface area (Å²) < 4.78 is 0. The number of hydrogen-bond donors (Lipinski definition) is 2. The standard InChI is InChI=1S/C10H19N3O2.ClH/c1-8(14)12-6-10(15)13-5-3-4-9(7-13)11-2;/h9,11H,3-7H2,1-2H3,(H,12,14);1H. The second kappa shape index (κ2) is 7.46. The lowest BCUT2D eigenvalue weighted by Crippen LogP contribution is -2.49. The number of nitrogens with zero attached hydrogens (tertiary/aromatic N) is 1. The molecule has 94 valence electrons. The molecule has 2 amide bonds. The molecule has 1 aliphatic heterocycles. The highest BCUT2D eigenvalue weighted by molar-refractivity contribution is 5.85. The molecule has 6 heteroatoms. The Morgan fingerprint density at radius 1 is 1.44 bits per heavy atom. The Bertz CT molecular complexity index is 248. The van der Waals surface area contributed by atoms with Crippen LogP contribution in [0.15, 0.2) is 0 Å². The minimum atomic E-state index is -0.162. The van der Waals surface area contributed by atoms with Crippen LogP contribution in [-0.4, -0.2) is 49.4 Å². The summed E-state index contributed by atoms with van der Waals surface area (Å²) in [6, 6.07) is 0.389. The first-order chi connectivity index (χ1) is 7.13. The molecule has 16 heavy (non-hydrogen) atoms. The van der Waals surface area contributed by atoms with E-state index in [1.165, 1.54) is 6.92 Å². The summed E-state index contributed by atoms with van der Waals surface area (Å²) in [7, 11) is 1.91. The summed E-state index contributed by atoms with van der Waals surface area (Å²) in [5.74, 6) is -0.157. The molecule has 0 radical (unpaired) electrons. The van der Waals surface area contributed by atoms with Crippen LogP contribution in [0.2, 0.25) is 0 Å².